The first-order valence-electron chi connectivity index (χ1n) is 11.7. The van der Waals surface area contributed by atoms with Gasteiger partial charge in [0.15, 0.2) is 5.17 Å². The Bertz CT molecular complexity index is 1350. The predicted octanol–water partition coefficient (Wildman–Crippen LogP) is 6.82. The van der Waals surface area contributed by atoms with E-state index < -0.39 is 12.3 Å². The lowest BCUT2D eigenvalue weighted by molar-refractivity contribution is -0.274. The number of carbonyl (C=O) groups is 2. The van der Waals surface area contributed by atoms with E-state index >= 15 is 0 Å². The molecule has 1 aliphatic heterocycles. The Hall–Kier alpha value is -4.05. The standard InChI is InChI=1S/C28H24F3N3O3S/c1-18(2)20-10-8-19(9-11-20)16-24-26(36)34(22-6-4-3-5-7-22)27(33-24)38-17-25(35)32-21-12-14-23(15-13-21)37-28(29,30)31/h3-16,18H,17H2,1-2H3,(H,32,35)/b24-16+. The van der Waals surface area contributed by atoms with Gasteiger partial charge < -0.3 is 10.1 Å². The second-order valence-electron chi connectivity index (χ2n) is 8.63. The number of carbonyl (C=O) groups excluding carboxylic acids is 2. The van der Waals surface area contributed by atoms with Crippen molar-refractivity contribution in [3.8, 4) is 5.75 Å². The van der Waals surface area contributed by atoms with Gasteiger partial charge in [0.25, 0.3) is 5.91 Å². The van der Waals surface area contributed by atoms with E-state index in [0.717, 1.165) is 29.5 Å². The fourth-order valence-electron chi connectivity index (χ4n) is 3.60. The molecule has 0 saturated carbocycles. The first-order chi connectivity index (χ1) is 18.1. The lowest BCUT2D eigenvalue weighted by Crippen LogP contribution is -2.31. The van der Waals surface area contributed by atoms with Gasteiger partial charge in [-0.1, -0.05) is 68.1 Å². The van der Waals surface area contributed by atoms with E-state index in [-0.39, 0.29) is 23.1 Å². The van der Waals surface area contributed by atoms with Gasteiger partial charge in [-0.3, -0.25) is 14.5 Å². The van der Waals surface area contributed by atoms with Crippen LogP contribution in [0, 0.1) is 0 Å². The maximum Gasteiger partial charge on any atom is 0.573 e. The number of anilines is 2. The molecule has 0 aromatic heterocycles. The molecular formula is C28H24F3N3O3S. The molecule has 1 aliphatic rings. The van der Waals surface area contributed by atoms with Crippen molar-refractivity contribution in [2.24, 2.45) is 4.99 Å². The minimum atomic E-state index is -4.80. The fourth-order valence-corrected chi connectivity index (χ4v) is 4.41. The smallest absolute Gasteiger partial charge is 0.406 e. The molecule has 0 saturated heterocycles. The zero-order chi connectivity index (χ0) is 27.3. The molecule has 0 fully saturated rings. The Morgan fingerprint density at radius 1 is 1.03 bits per heavy atom. The molecule has 0 bridgehead atoms. The zero-order valence-corrected chi connectivity index (χ0v) is 21.3. The van der Waals surface area contributed by atoms with Gasteiger partial charge in [-0.2, -0.15) is 0 Å². The van der Waals surface area contributed by atoms with Crippen LogP contribution in [0.4, 0.5) is 24.5 Å². The number of benzene rings is 3. The number of para-hydroxylation sites is 1. The van der Waals surface area contributed by atoms with Gasteiger partial charge in [0.2, 0.25) is 5.91 Å². The summed E-state index contributed by atoms with van der Waals surface area (Å²) in [6.45, 7) is 4.21. The molecule has 3 aromatic rings. The van der Waals surface area contributed by atoms with Crippen LogP contribution in [0.15, 0.2) is 89.6 Å². The largest absolute Gasteiger partial charge is 0.573 e. The van der Waals surface area contributed by atoms with Gasteiger partial charge in [0.1, 0.15) is 11.4 Å². The molecule has 0 unspecified atom stereocenters. The van der Waals surface area contributed by atoms with E-state index in [1.807, 2.05) is 30.3 Å². The monoisotopic (exact) mass is 539 g/mol. The van der Waals surface area contributed by atoms with Crippen molar-refractivity contribution in [2.75, 3.05) is 16.0 Å². The highest BCUT2D eigenvalue weighted by Gasteiger charge is 2.33. The summed E-state index contributed by atoms with van der Waals surface area (Å²) >= 11 is 1.08. The SMILES string of the molecule is CC(C)c1ccc(/C=C2/N=C(SCC(=O)Nc3ccc(OC(F)(F)F)cc3)N(c3ccccc3)C2=O)cc1. The van der Waals surface area contributed by atoms with Crippen molar-refractivity contribution in [3.05, 3.63) is 95.7 Å². The van der Waals surface area contributed by atoms with Gasteiger partial charge in [0, 0.05) is 5.69 Å². The normalized spacial score (nSPS) is 14.7. The van der Waals surface area contributed by atoms with E-state index in [0.29, 0.717) is 22.5 Å². The van der Waals surface area contributed by atoms with Crippen LogP contribution in [0.25, 0.3) is 6.08 Å². The van der Waals surface area contributed by atoms with Gasteiger partial charge in [-0.25, -0.2) is 4.99 Å². The van der Waals surface area contributed by atoms with E-state index in [4.69, 9.17) is 0 Å². The third kappa shape index (κ3) is 7.04. The average Bonchev–Trinajstić information content (AvgIpc) is 3.18. The molecule has 10 heteroatoms. The van der Waals surface area contributed by atoms with Gasteiger partial charge in [0.05, 0.1) is 11.4 Å². The van der Waals surface area contributed by atoms with Gasteiger partial charge in [-0.05, 0) is 59.5 Å². The number of nitrogens with zero attached hydrogens (tertiary/aromatic N) is 2. The van der Waals surface area contributed by atoms with Crippen molar-refractivity contribution < 1.29 is 27.5 Å². The number of amides is 2. The van der Waals surface area contributed by atoms with E-state index in [1.165, 1.54) is 22.6 Å². The summed E-state index contributed by atoms with van der Waals surface area (Å²) < 4.78 is 40.9. The van der Waals surface area contributed by atoms with Crippen LogP contribution < -0.4 is 15.0 Å². The zero-order valence-electron chi connectivity index (χ0n) is 20.5. The summed E-state index contributed by atoms with van der Waals surface area (Å²) in [5.74, 6) is -0.805. The Balaban J connectivity index is 1.48. The molecule has 4 rings (SSSR count). The second kappa shape index (κ2) is 11.6. The van der Waals surface area contributed by atoms with Crippen molar-refractivity contribution in [1.29, 1.82) is 0 Å². The minimum Gasteiger partial charge on any atom is -0.406 e. The maximum absolute atomic E-state index is 13.3. The number of nitrogens with one attached hydrogen (secondary N) is 1. The molecule has 0 aliphatic carbocycles. The first-order valence-corrected chi connectivity index (χ1v) is 12.7. The highest BCUT2D eigenvalue weighted by atomic mass is 32.2. The van der Waals surface area contributed by atoms with Crippen molar-refractivity contribution >= 4 is 46.2 Å². The lowest BCUT2D eigenvalue weighted by atomic mass is 10.0. The summed E-state index contributed by atoms with van der Waals surface area (Å²) in [5, 5.41) is 2.96. The Morgan fingerprint density at radius 3 is 2.29 bits per heavy atom. The number of hydrogen-bond donors (Lipinski definition) is 1. The quantitative estimate of drug-likeness (QED) is 0.335. The average molecular weight is 540 g/mol. The number of rotatable bonds is 7. The van der Waals surface area contributed by atoms with Crippen LogP contribution >= 0.6 is 11.8 Å². The maximum atomic E-state index is 13.3. The van der Waals surface area contributed by atoms with Gasteiger partial charge >= 0.3 is 6.36 Å². The van der Waals surface area contributed by atoms with Crippen molar-refractivity contribution in [1.82, 2.24) is 0 Å². The molecule has 6 nitrogen and oxygen atoms in total. The van der Waals surface area contributed by atoms with E-state index in [9.17, 15) is 22.8 Å². The molecule has 2 amide bonds. The third-order valence-corrected chi connectivity index (χ3v) is 6.39. The number of aliphatic imine (C=N–C) groups is 1. The summed E-state index contributed by atoms with van der Waals surface area (Å²) in [4.78, 5) is 31.8. The fraction of sp³-hybridized carbons (Fsp3) is 0.179. The van der Waals surface area contributed by atoms with Crippen LogP contribution in [0.2, 0.25) is 0 Å². The van der Waals surface area contributed by atoms with Crippen LogP contribution in [0.1, 0.15) is 30.9 Å². The van der Waals surface area contributed by atoms with Gasteiger partial charge in [-0.15, -0.1) is 13.2 Å². The Morgan fingerprint density at radius 2 is 1.68 bits per heavy atom. The second-order valence-corrected chi connectivity index (χ2v) is 9.57. The minimum absolute atomic E-state index is 0.0768. The van der Waals surface area contributed by atoms with Crippen molar-refractivity contribution in [2.45, 2.75) is 26.1 Å². The molecule has 0 spiro atoms. The predicted molar refractivity (Wildman–Crippen MR) is 144 cm³/mol. The number of hydrogen-bond acceptors (Lipinski definition) is 5. The van der Waals surface area contributed by atoms with Crippen LogP contribution in [0.5, 0.6) is 5.75 Å². The summed E-state index contributed by atoms with van der Waals surface area (Å²) in [5.41, 5.74) is 3.18. The topological polar surface area (TPSA) is 71.0 Å². The molecular weight excluding hydrogens is 515 g/mol. The highest BCUT2D eigenvalue weighted by Crippen LogP contribution is 2.30. The number of halogens is 3. The van der Waals surface area contributed by atoms with Crippen LogP contribution in [0.3, 0.4) is 0 Å². The molecule has 196 valence electrons. The summed E-state index contributed by atoms with van der Waals surface area (Å²) in [6.07, 6.45) is -3.09. The number of ether oxygens (including phenoxy) is 1. The van der Waals surface area contributed by atoms with Crippen LogP contribution in [-0.4, -0.2) is 29.1 Å². The Labute approximate surface area is 222 Å². The molecule has 1 heterocycles. The van der Waals surface area contributed by atoms with Crippen molar-refractivity contribution in [3.63, 3.8) is 0 Å². The number of alkyl halides is 3. The lowest BCUT2D eigenvalue weighted by Gasteiger charge is -2.17. The summed E-state index contributed by atoms with van der Waals surface area (Å²) in [7, 11) is 0. The number of thioether (sulfide) groups is 1. The van der Waals surface area contributed by atoms with E-state index in [1.54, 1.807) is 30.3 Å². The molecule has 0 atom stereocenters. The third-order valence-electron chi connectivity index (χ3n) is 5.45. The molecule has 38 heavy (non-hydrogen) atoms. The highest BCUT2D eigenvalue weighted by molar-refractivity contribution is 8.14. The number of amidine groups is 1. The summed E-state index contributed by atoms with van der Waals surface area (Å²) in [6, 6.07) is 21.7. The van der Waals surface area contributed by atoms with Crippen LogP contribution in [-0.2, 0) is 9.59 Å². The molecule has 1 N–H and O–H groups in total. The first kappa shape index (κ1) is 27.0. The van der Waals surface area contributed by atoms with E-state index in [2.05, 4.69) is 28.9 Å². The molecule has 0 radical (unpaired) electrons. The molecule has 3 aromatic carbocycles. The Kier molecular flexibility index (Phi) is 8.21.